The highest BCUT2D eigenvalue weighted by molar-refractivity contribution is 5.89. The third kappa shape index (κ3) is 10.6. The highest BCUT2D eigenvalue weighted by Gasteiger charge is 2.33. The number of aliphatic hydroxyl groups is 1. The summed E-state index contributed by atoms with van der Waals surface area (Å²) in [6.07, 6.45) is 2.58. The Balaban J connectivity index is 0.993. The van der Waals surface area contributed by atoms with Gasteiger partial charge in [-0.3, -0.25) is 4.98 Å². The van der Waals surface area contributed by atoms with Crippen molar-refractivity contribution in [3.05, 3.63) is 180 Å². The van der Waals surface area contributed by atoms with Crippen LogP contribution >= 0.6 is 0 Å². The summed E-state index contributed by atoms with van der Waals surface area (Å²) in [6, 6.07) is 46.9. The van der Waals surface area contributed by atoms with E-state index in [1.807, 2.05) is 121 Å². The topological polar surface area (TPSA) is 105 Å². The normalized spacial score (nSPS) is 16.7. The lowest BCUT2D eigenvalue weighted by atomic mass is 9.98. The average molecular weight is 735 g/mol. The van der Waals surface area contributed by atoms with Gasteiger partial charge >= 0.3 is 6.03 Å². The van der Waals surface area contributed by atoms with Gasteiger partial charge in [0.05, 0.1) is 18.8 Å². The van der Waals surface area contributed by atoms with Crippen molar-refractivity contribution in [2.45, 2.75) is 44.5 Å². The molecule has 2 amide bonds. The number of aliphatic hydroxyl groups excluding tert-OH is 1. The van der Waals surface area contributed by atoms with E-state index in [4.69, 9.17) is 14.2 Å². The second kappa shape index (κ2) is 18.5. The number of benzene rings is 5. The number of pyridine rings is 1. The fraction of sp³-hybridized carbons (Fsp3) is 0.217. The summed E-state index contributed by atoms with van der Waals surface area (Å²) in [5, 5.41) is 15.5. The first-order chi connectivity index (χ1) is 27.0. The van der Waals surface area contributed by atoms with Crippen molar-refractivity contribution in [2.24, 2.45) is 0 Å². The number of aromatic nitrogens is 1. The summed E-state index contributed by atoms with van der Waals surface area (Å²) in [5.74, 6) is 1.44. The number of carbonyl (C=O) groups excluding carboxylic acids is 1. The molecule has 0 unspecified atom stereocenters. The first-order valence-electron chi connectivity index (χ1n) is 18.6. The number of nitrogens with one attached hydrogen (secondary N) is 2. The van der Waals surface area contributed by atoms with Crippen molar-refractivity contribution in [1.29, 1.82) is 0 Å². The van der Waals surface area contributed by atoms with E-state index in [9.17, 15) is 9.90 Å². The Morgan fingerprint density at radius 1 is 0.782 bits per heavy atom. The summed E-state index contributed by atoms with van der Waals surface area (Å²) >= 11 is 0. The van der Waals surface area contributed by atoms with Gasteiger partial charge in [-0.05, 0) is 95.5 Å². The van der Waals surface area contributed by atoms with Crippen LogP contribution in [-0.2, 0) is 29.0 Å². The number of anilines is 1. The number of likely N-dealkylation sites (N-methyl/N-ethyl adjacent to an activating group) is 1. The Labute approximate surface area is 322 Å². The first-order valence-corrected chi connectivity index (χ1v) is 18.6. The minimum absolute atomic E-state index is 0.00103. The highest BCUT2D eigenvalue weighted by atomic mass is 16.7. The molecule has 2 heterocycles. The molecule has 7 rings (SSSR count). The molecule has 3 N–H and O–H groups in total. The lowest BCUT2D eigenvalue weighted by Crippen LogP contribution is -2.38. The molecule has 3 atom stereocenters. The van der Waals surface area contributed by atoms with Crippen LogP contribution < -0.4 is 15.4 Å². The maximum atomic E-state index is 12.8. The van der Waals surface area contributed by atoms with Crippen molar-refractivity contribution < 1.29 is 24.1 Å². The van der Waals surface area contributed by atoms with E-state index in [0.29, 0.717) is 24.4 Å². The van der Waals surface area contributed by atoms with E-state index in [1.54, 1.807) is 0 Å². The largest absolute Gasteiger partial charge is 0.457 e. The molecule has 0 aliphatic carbocycles. The van der Waals surface area contributed by atoms with E-state index >= 15 is 0 Å². The van der Waals surface area contributed by atoms with Crippen molar-refractivity contribution in [3.63, 3.8) is 0 Å². The van der Waals surface area contributed by atoms with Gasteiger partial charge in [0.1, 0.15) is 11.5 Å². The van der Waals surface area contributed by atoms with Crippen molar-refractivity contribution in [1.82, 2.24) is 15.2 Å². The van der Waals surface area contributed by atoms with Crippen LogP contribution in [0.4, 0.5) is 10.5 Å². The second-order valence-electron chi connectivity index (χ2n) is 13.8. The Hall–Kier alpha value is -5.84. The van der Waals surface area contributed by atoms with E-state index in [2.05, 4.69) is 57.9 Å². The van der Waals surface area contributed by atoms with E-state index in [1.165, 1.54) is 0 Å². The number of rotatable bonds is 14. The van der Waals surface area contributed by atoms with Crippen LogP contribution in [0.2, 0.25) is 0 Å². The molecule has 0 bridgehead atoms. The van der Waals surface area contributed by atoms with E-state index < -0.39 is 6.29 Å². The molecule has 9 heteroatoms. The number of nitrogens with zero attached hydrogens (tertiary/aromatic N) is 2. The molecule has 0 saturated carbocycles. The minimum Gasteiger partial charge on any atom is -0.457 e. The van der Waals surface area contributed by atoms with Gasteiger partial charge in [0.15, 0.2) is 6.29 Å². The van der Waals surface area contributed by atoms with Crippen molar-refractivity contribution in [2.75, 3.05) is 25.5 Å². The Morgan fingerprint density at radius 2 is 1.53 bits per heavy atom. The SMILES string of the molecule is CN(CCc1ccccn1)C[C@H]1C[C@@H](c2ccc(CO)cc2)O[C@@H](c2cccc(-c3cccc(CNC(=O)Nc4ccc(Oc5ccccc5)cc4)c3)c2)O1. The van der Waals surface area contributed by atoms with Crippen LogP contribution in [0.5, 0.6) is 11.5 Å². The molecule has 9 nitrogen and oxygen atoms in total. The number of carbonyl (C=O) groups is 1. The van der Waals surface area contributed by atoms with Crippen LogP contribution in [0.1, 0.15) is 46.8 Å². The maximum absolute atomic E-state index is 12.8. The fourth-order valence-corrected chi connectivity index (χ4v) is 6.64. The second-order valence-corrected chi connectivity index (χ2v) is 13.8. The van der Waals surface area contributed by atoms with Gasteiger partial charge in [0.2, 0.25) is 0 Å². The van der Waals surface area contributed by atoms with Gasteiger partial charge in [0.25, 0.3) is 0 Å². The molecule has 280 valence electrons. The Morgan fingerprint density at radius 3 is 2.29 bits per heavy atom. The third-order valence-corrected chi connectivity index (χ3v) is 9.57. The lowest BCUT2D eigenvalue weighted by molar-refractivity contribution is -0.252. The molecule has 1 aliphatic heterocycles. The third-order valence-electron chi connectivity index (χ3n) is 9.57. The molecule has 1 saturated heterocycles. The molecular weight excluding hydrogens is 689 g/mol. The predicted octanol–water partition coefficient (Wildman–Crippen LogP) is 9.07. The van der Waals surface area contributed by atoms with Gasteiger partial charge in [-0.2, -0.15) is 0 Å². The molecule has 55 heavy (non-hydrogen) atoms. The lowest BCUT2D eigenvalue weighted by Gasteiger charge is -2.38. The molecule has 0 spiro atoms. The van der Waals surface area contributed by atoms with Crippen molar-refractivity contribution in [3.8, 4) is 22.6 Å². The fourth-order valence-electron chi connectivity index (χ4n) is 6.64. The van der Waals surface area contributed by atoms with Crippen LogP contribution in [0.15, 0.2) is 152 Å². The number of amides is 2. The summed E-state index contributed by atoms with van der Waals surface area (Å²) < 4.78 is 19.2. The molecule has 1 fully saturated rings. The number of ether oxygens (including phenoxy) is 3. The molecule has 0 radical (unpaired) electrons. The molecule has 1 aromatic heterocycles. The zero-order chi connectivity index (χ0) is 37.8. The summed E-state index contributed by atoms with van der Waals surface area (Å²) in [5.41, 5.74) is 7.59. The molecule has 5 aromatic carbocycles. The number of para-hydroxylation sites is 1. The summed E-state index contributed by atoms with van der Waals surface area (Å²) in [7, 11) is 2.12. The molecular formula is C46H46N4O5. The zero-order valence-corrected chi connectivity index (χ0v) is 30.9. The minimum atomic E-state index is -0.571. The first kappa shape index (κ1) is 37.5. The monoisotopic (exact) mass is 734 g/mol. The van der Waals surface area contributed by atoms with Gasteiger partial charge < -0.3 is 34.9 Å². The van der Waals surface area contributed by atoms with E-state index in [0.717, 1.165) is 64.3 Å². The van der Waals surface area contributed by atoms with Gasteiger partial charge in [-0.25, -0.2) is 4.79 Å². The van der Waals surface area contributed by atoms with E-state index in [-0.39, 0.29) is 24.8 Å². The quantitative estimate of drug-likeness (QED) is 0.103. The summed E-state index contributed by atoms with van der Waals surface area (Å²) in [6.45, 7) is 1.96. The van der Waals surface area contributed by atoms with Crippen molar-refractivity contribution >= 4 is 11.7 Å². The predicted molar refractivity (Wildman–Crippen MR) is 215 cm³/mol. The van der Waals surface area contributed by atoms with Crippen LogP contribution in [0.25, 0.3) is 11.1 Å². The Kier molecular flexibility index (Phi) is 12.6. The van der Waals surface area contributed by atoms with Gasteiger partial charge in [0, 0.05) is 55.6 Å². The van der Waals surface area contributed by atoms with Crippen LogP contribution in [0.3, 0.4) is 0 Å². The smallest absolute Gasteiger partial charge is 0.319 e. The number of hydrogen-bond acceptors (Lipinski definition) is 7. The van der Waals surface area contributed by atoms with Gasteiger partial charge in [-0.1, -0.05) is 84.9 Å². The standard InChI is InChI=1S/C46H46N4O5/c1-50(26-24-39-13-5-6-25-47-39)31-43-29-44(35-18-16-33(32-51)17-19-35)55-45(54-43)38-12-8-11-37(28-38)36-10-7-9-34(27-36)30-48-46(52)49-40-20-22-42(23-21-40)53-41-14-3-2-4-15-41/h2-23,25,27-28,43-45,51H,24,26,29-32H2,1H3,(H2,48,49,52)/t43-,44+,45+/m1/s1. The molecule has 1 aliphatic rings. The van der Waals surface area contributed by atoms with Gasteiger partial charge in [-0.15, -0.1) is 0 Å². The number of hydrogen-bond donors (Lipinski definition) is 3. The average Bonchev–Trinajstić information content (AvgIpc) is 3.24. The highest BCUT2D eigenvalue weighted by Crippen LogP contribution is 2.39. The number of urea groups is 1. The zero-order valence-electron chi connectivity index (χ0n) is 30.9. The Bertz CT molecular complexity index is 2110. The van der Waals surface area contributed by atoms with Crippen LogP contribution in [0, 0.1) is 0 Å². The molecule has 6 aromatic rings. The summed E-state index contributed by atoms with van der Waals surface area (Å²) in [4.78, 5) is 19.6. The van der Waals surface area contributed by atoms with Crippen LogP contribution in [-0.4, -0.2) is 47.3 Å². The maximum Gasteiger partial charge on any atom is 0.319 e.